The van der Waals surface area contributed by atoms with Crippen molar-refractivity contribution in [3.8, 4) is 11.4 Å². The van der Waals surface area contributed by atoms with Crippen LogP contribution >= 0.6 is 23.4 Å². The first-order valence-corrected chi connectivity index (χ1v) is 9.72. The molecule has 7 nitrogen and oxygen atoms in total. The van der Waals surface area contributed by atoms with Crippen molar-refractivity contribution >= 4 is 35.2 Å². The monoisotopic (exact) mass is 408 g/mol. The molecule has 1 atom stereocenters. The van der Waals surface area contributed by atoms with E-state index >= 15 is 0 Å². The van der Waals surface area contributed by atoms with Gasteiger partial charge in [0.25, 0.3) is 5.91 Å². The minimum atomic E-state index is -0.869. The number of nitrogens with one attached hydrogen (secondary N) is 1. The maximum atomic E-state index is 12.0. The smallest absolute Gasteiger partial charge is 0.317 e. The molecule has 0 saturated carbocycles. The molecule has 2 rings (SSSR count). The molecule has 0 aliphatic heterocycles. The van der Waals surface area contributed by atoms with E-state index in [2.05, 4.69) is 22.1 Å². The Kier molecular flexibility index (Phi) is 7.87. The van der Waals surface area contributed by atoms with Crippen LogP contribution in [0.2, 0.25) is 5.02 Å². The molecule has 9 heteroatoms. The molecular formula is C18H21ClN4O3S. The van der Waals surface area contributed by atoms with E-state index in [-0.39, 0.29) is 11.7 Å². The average Bonchev–Trinajstić information content (AvgIpc) is 3.07. The molecule has 1 amide bonds. The van der Waals surface area contributed by atoms with E-state index in [1.54, 1.807) is 18.2 Å². The topological polar surface area (TPSA) is 86.1 Å². The molecule has 27 heavy (non-hydrogen) atoms. The van der Waals surface area contributed by atoms with Crippen LogP contribution in [0.25, 0.3) is 11.4 Å². The Morgan fingerprint density at radius 3 is 2.70 bits per heavy atom. The minimum Gasteiger partial charge on any atom is -0.452 e. The number of nitrogens with zero attached hydrogens (tertiary/aromatic N) is 3. The number of halogens is 1. The molecule has 1 aromatic heterocycles. The van der Waals surface area contributed by atoms with Crippen molar-refractivity contribution in [3.63, 3.8) is 0 Å². The number of ether oxygens (including phenoxy) is 1. The second kappa shape index (κ2) is 10.1. The lowest BCUT2D eigenvalue weighted by Gasteiger charge is -2.12. The lowest BCUT2D eigenvalue weighted by Crippen LogP contribution is -2.36. The van der Waals surface area contributed by atoms with Crippen molar-refractivity contribution in [2.75, 3.05) is 12.3 Å². The third-order valence-electron chi connectivity index (χ3n) is 3.55. The van der Waals surface area contributed by atoms with Gasteiger partial charge < -0.3 is 14.6 Å². The highest BCUT2D eigenvalue weighted by atomic mass is 35.5. The van der Waals surface area contributed by atoms with E-state index in [4.69, 9.17) is 16.3 Å². The predicted molar refractivity (Wildman–Crippen MR) is 106 cm³/mol. The fourth-order valence-electron chi connectivity index (χ4n) is 2.22. The van der Waals surface area contributed by atoms with Gasteiger partial charge in [0.15, 0.2) is 17.1 Å². The highest BCUT2D eigenvalue weighted by Gasteiger charge is 2.19. The largest absolute Gasteiger partial charge is 0.452 e. The normalized spacial score (nSPS) is 11.7. The van der Waals surface area contributed by atoms with Crippen LogP contribution in [-0.2, 0) is 20.9 Å². The van der Waals surface area contributed by atoms with Gasteiger partial charge in [-0.15, -0.1) is 16.8 Å². The van der Waals surface area contributed by atoms with E-state index in [1.165, 1.54) is 18.7 Å². The summed E-state index contributed by atoms with van der Waals surface area (Å²) in [4.78, 5) is 23.7. The number of carbonyl (C=O) groups is 2. The van der Waals surface area contributed by atoms with Crippen molar-refractivity contribution in [1.29, 1.82) is 0 Å². The number of thioether (sulfide) groups is 1. The summed E-state index contributed by atoms with van der Waals surface area (Å²) in [5.41, 5.74) is 0.885. The van der Waals surface area contributed by atoms with Crippen LogP contribution in [0.5, 0.6) is 0 Å². The number of benzene rings is 1. The summed E-state index contributed by atoms with van der Waals surface area (Å²) in [6, 6.07) is 7.30. The Balaban J connectivity index is 1.97. The van der Waals surface area contributed by atoms with Crippen molar-refractivity contribution in [2.24, 2.45) is 0 Å². The summed E-state index contributed by atoms with van der Waals surface area (Å²) >= 11 is 7.13. The zero-order valence-corrected chi connectivity index (χ0v) is 16.7. The van der Waals surface area contributed by atoms with Crippen LogP contribution in [0.1, 0.15) is 13.8 Å². The summed E-state index contributed by atoms with van der Waals surface area (Å²) in [6.45, 7) is 7.97. The summed E-state index contributed by atoms with van der Waals surface area (Å²) in [5.74, 6) is -0.144. The molecule has 1 aromatic carbocycles. The number of rotatable bonds is 9. The van der Waals surface area contributed by atoms with Crippen molar-refractivity contribution in [3.05, 3.63) is 41.9 Å². The van der Waals surface area contributed by atoms with Gasteiger partial charge in [-0.1, -0.05) is 29.4 Å². The Hall–Kier alpha value is -2.32. The van der Waals surface area contributed by atoms with Gasteiger partial charge in [-0.05, 0) is 38.1 Å². The lowest BCUT2D eigenvalue weighted by molar-refractivity contribution is -0.152. The maximum Gasteiger partial charge on any atom is 0.317 e. The molecule has 0 unspecified atom stereocenters. The van der Waals surface area contributed by atoms with Crippen LogP contribution in [-0.4, -0.2) is 45.0 Å². The molecule has 2 aromatic rings. The fourth-order valence-corrected chi connectivity index (χ4v) is 3.13. The number of carbonyl (C=O) groups excluding carboxylic acids is 2. The van der Waals surface area contributed by atoms with E-state index in [1.807, 2.05) is 23.6 Å². The standard InChI is InChI=1S/C18H21ClN4O3S/c1-4-10-20-17(25)12(3)26-15(24)11-27-18-22-21-16(23(18)5-2)13-6-8-14(19)9-7-13/h4,6-9,12H,1,5,10-11H2,2-3H3,(H,20,25)/t12-/m1/s1. The molecule has 0 aliphatic rings. The molecular weight excluding hydrogens is 388 g/mol. The lowest BCUT2D eigenvalue weighted by atomic mass is 10.2. The van der Waals surface area contributed by atoms with Crippen LogP contribution in [0, 0.1) is 0 Å². The van der Waals surface area contributed by atoms with Gasteiger partial charge in [0, 0.05) is 23.7 Å². The zero-order valence-electron chi connectivity index (χ0n) is 15.1. The first-order chi connectivity index (χ1) is 13.0. The number of hydrogen-bond donors (Lipinski definition) is 1. The first-order valence-electron chi connectivity index (χ1n) is 8.36. The third kappa shape index (κ3) is 5.83. The molecule has 0 fully saturated rings. The van der Waals surface area contributed by atoms with E-state index in [9.17, 15) is 9.59 Å². The number of esters is 1. The first kappa shape index (κ1) is 21.0. The Morgan fingerprint density at radius 1 is 1.37 bits per heavy atom. The molecule has 1 heterocycles. The highest BCUT2D eigenvalue weighted by molar-refractivity contribution is 7.99. The molecule has 0 aliphatic carbocycles. The molecule has 0 spiro atoms. The van der Waals surface area contributed by atoms with E-state index in [0.29, 0.717) is 29.1 Å². The summed E-state index contributed by atoms with van der Waals surface area (Å²) in [5, 5.41) is 12.2. The van der Waals surface area contributed by atoms with E-state index < -0.39 is 12.1 Å². The summed E-state index contributed by atoms with van der Waals surface area (Å²) in [6.07, 6.45) is 0.685. The molecule has 144 valence electrons. The Bertz CT molecular complexity index is 807. The zero-order chi connectivity index (χ0) is 19.8. The summed E-state index contributed by atoms with van der Waals surface area (Å²) in [7, 11) is 0. The van der Waals surface area contributed by atoms with Crippen molar-refractivity contribution in [2.45, 2.75) is 31.7 Å². The van der Waals surface area contributed by atoms with E-state index in [0.717, 1.165) is 5.56 Å². The minimum absolute atomic E-state index is 0.0256. The number of aromatic nitrogens is 3. The Morgan fingerprint density at radius 2 is 2.07 bits per heavy atom. The second-order valence-electron chi connectivity index (χ2n) is 5.51. The molecule has 1 N–H and O–H groups in total. The van der Waals surface area contributed by atoms with Crippen LogP contribution < -0.4 is 5.32 Å². The maximum absolute atomic E-state index is 12.0. The fraction of sp³-hybridized carbons (Fsp3) is 0.333. The van der Waals surface area contributed by atoms with Crippen LogP contribution in [0.3, 0.4) is 0 Å². The van der Waals surface area contributed by atoms with Gasteiger partial charge in [-0.3, -0.25) is 9.59 Å². The second-order valence-corrected chi connectivity index (χ2v) is 6.89. The van der Waals surface area contributed by atoms with Gasteiger partial charge in [-0.25, -0.2) is 0 Å². The SMILES string of the molecule is C=CCNC(=O)[C@@H](C)OC(=O)CSc1nnc(-c2ccc(Cl)cc2)n1CC. The molecule has 0 saturated heterocycles. The van der Waals surface area contributed by atoms with Crippen molar-refractivity contribution in [1.82, 2.24) is 20.1 Å². The van der Waals surface area contributed by atoms with Gasteiger partial charge in [0.2, 0.25) is 0 Å². The average molecular weight is 409 g/mol. The third-order valence-corrected chi connectivity index (χ3v) is 4.74. The van der Waals surface area contributed by atoms with Gasteiger partial charge in [-0.2, -0.15) is 0 Å². The quantitative estimate of drug-likeness (QED) is 0.390. The van der Waals surface area contributed by atoms with Crippen LogP contribution in [0.15, 0.2) is 42.1 Å². The van der Waals surface area contributed by atoms with Gasteiger partial charge in [0.1, 0.15) is 0 Å². The van der Waals surface area contributed by atoms with Gasteiger partial charge in [0.05, 0.1) is 5.75 Å². The Labute approximate surface area is 167 Å². The number of hydrogen-bond acceptors (Lipinski definition) is 6. The predicted octanol–water partition coefficient (Wildman–Crippen LogP) is 2.94. The molecule has 0 radical (unpaired) electrons. The van der Waals surface area contributed by atoms with Crippen molar-refractivity contribution < 1.29 is 14.3 Å². The highest BCUT2D eigenvalue weighted by Crippen LogP contribution is 2.25. The molecule has 0 bridgehead atoms. The van der Waals surface area contributed by atoms with Gasteiger partial charge >= 0.3 is 5.97 Å². The summed E-state index contributed by atoms with van der Waals surface area (Å²) < 4.78 is 7.04. The van der Waals surface area contributed by atoms with Crippen LogP contribution in [0.4, 0.5) is 0 Å². The number of amides is 1.